The van der Waals surface area contributed by atoms with Gasteiger partial charge in [0.1, 0.15) is 11.9 Å². The topological polar surface area (TPSA) is 131 Å². The van der Waals surface area contributed by atoms with Crippen molar-refractivity contribution in [3.05, 3.63) is 46.5 Å². The monoisotopic (exact) mass is 445 g/mol. The number of nitrogens with two attached hydrogens (primary N) is 1. The number of nitriles is 1. The SMILES string of the molecule is Cc1nn(C)c([C@@H](C)NC(=O)N2CC3(CCn4nc(-c5cnc(N)c(C#N)c5)cc43)C2)c1C. The quantitative estimate of drug-likeness (QED) is 0.635. The Labute approximate surface area is 192 Å². The number of rotatable bonds is 3. The molecule has 0 aliphatic carbocycles. The van der Waals surface area contributed by atoms with E-state index in [9.17, 15) is 10.1 Å². The molecule has 1 spiro atoms. The van der Waals surface area contributed by atoms with E-state index in [0.29, 0.717) is 18.7 Å². The van der Waals surface area contributed by atoms with Crippen molar-refractivity contribution in [2.45, 2.75) is 45.2 Å². The van der Waals surface area contributed by atoms with E-state index in [4.69, 9.17) is 10.8 Å². The molecule has 2 aliphatic rings. The maximum Gasteiger partial charge on any atom is 0.317 e. The summed E-state index contributed by atoms with van der Waals surface area (Å²) in [5, 5.41) is 21.5. The van der Waals surface area contributed by atoms with Crippen LogP contribution in [0, 0.1) is 25.2 Å². The third-order valence-electron chi connectivity index (χ3n) is 7.06. The summed E-state index contributed by atoms with van der Waals surface area (Å²) in [4.78, 5) is 18.9. The highest BCUT2D eigenvalue weighted by molar-refractivity contribution is 5.76. The van der Waals surface area contributed by atoms with Crippen LogP contribution in [0.2, 0.25) is 0 Å². The highest BCUT2D eigenvalue weighted by atomic mass is 16.2. The molecule has 33 heavy (non-hydrogen) atoms. The number of carbonyl (C=O) groups is 1. The number of likely N-dealkylation sites (tertiary alicyclic amines) is 1. The molecule has 10 nitrogen and oxygen atoms in total. The van der Waals surface area contributed by atoms with Crippen molar-refractivity contribution in [3.63, 3.8) is 0 Å². The van der Waals surface area contributed by atoms with E-state index in [0.717, 1.165) is 46.9 Å². The molecule has 0 bridgehead atoms. The van der Waals surface area contributed by atoms with Gasteiger partial charge in [0.2, 0.25) is 0 Å². The van der Waals surface area contributed by atoms with Gasteiger partial charge in [-0.2, -0.15) is 15.5 Å². The van der Waals surface area contributed by atoms with Gasteiger partial charge in [-0.05, 0) is 44.9 Å². The molecule has 1 saturated heterocycles. The summed E-state index contributed by atoms with van der Waals surface area (Å²) in [6, 6.07) is 5.65. The second-order valence-electron chi connectivity index (χ2n) is 9.18. The second-order valence-corrected chi connectivity index (χ2v) is 9.18. The molecule has 3 N–H and O–H groups in total. The standard InChI is InChI=1S/C23H27N9O/c1-13-14(2)28-30(4)20(13)15(3)27-22(33)31-11-23(12-31)5-6-32-19(23)8-18(29-32)17-7-16(9-24)21(25)26-10-17/h7-8,10,15H,5-6,11-12H2,1-4H3,(H2,25,26)(H,27,33)/t15-/m1/s1. The summed E-state index contributed by atoms with van der Waals surface area (Å²) in [6.07, 6.45) is 2.60. The number of carbonyl (C=O) groups excluding carboxylic acids is 1. The van der Waals surface area contributed by atoms with Crippen LogP contribution >= 0.6 is 0 Å². The van der Waals surface area contributed by atoms with Crippen molar-refractivity contribution in [2.24, 2.45) is 7.05 Å². The van der Waals surface area contributed by atoms with E-state index in [1.165, 1.54) is 0 Å². The Balaban J connectivity index is 1.30. The molecule has 10 heteroatoms. The predicted molar refractivity (Wildman–Crippen MR) is 122 cm³/mol. The molecule has 0 saturated carbocycles. The molecule has 0 aromatic carbocycles. The summed E-state index contributed by atoms with van der Waals surface area (Å²) in [7, 11) is 1.91. The lowest BCUT2D eigenvalue weighted by atomic mass is 9.76. The normalized spacial score (nSPS) is 16.9. The maximum absolute atomic E-state index is 12.9. The minimum atomic E-state index is -0.131. The van der Waals surface area contributed by atoms with Crippen LogP contribution in [0.4, 0.5) is 10.6 Å². The first-order valence-corrected chi connectivity index (χ1v) is 11.0. The van der Waals surface area contributed by atoms with Gasteiger partial charge in [-0.3, -0.25) is 9.36 Å². The van der Waals surface area contributed by atoms with Crippen LogP contribution in [0.3, 0.4) is 0 Å². The number of hydrogen-bond donors (Lipinski definition) is 2. The highest BCUT2D eigenvalue weighted by Crippen LogP contribution is 2.44. The van der Waals surface area contributed by atoms with Gasteiger partial charge >= 0.3 is 6.03 Å². The van der Waals surface area contributed by atoms with Crippen LogP contribution in [0.15, 0.2) is 18.3 Å². The Morgan fingerprint density at radius 1 is 1.30 bits per heavy atom. The number of nitrogens with zero attached hydrogens (tertiary/aromatic N) is 7. The van der Waals surface area contributed by atoms with Gasteiger partial charge in [0, 0.05) is 49.6 Å². The molecule has 3 aromatic heterocycles. The van der Waals surface area contributed by atoms with Crippen molar-refractivity contribution in [1.82, 2.24) is 34.8 Å². The summed E-state index contributed by atoms with van der Waals surface area (Å²) < 4.78 is 3.85. The lowest BCUT2D eigenvalue weighted by Gasteiger charge is -2.47. The van der Waals surface area contributed by atoms with Crippen molar-refractivity contribution >= 4 is 11.8 Å². The van der Waals surface area contributed by atoms with Crippen LogP contribution in [-0.4, -0.2) is 48.6 Å². The third-order valence-corrected chi connectivity index (χ3v) is 7.06. The number of amides is 2. The van der Waals surface area contributed by atoms with Crippen LogP contribution < -0.4 is 11.1 Å². The minimum Gasteiger partial charge on any atom is -0.383 e. The van der Waals surface area contributed by atoms with E-state index < -0.39 is 0 Å². The summed E-state index contributed by atoms with van der Waals surface area (Å²) in [5.74, 6) is 0.218. The lowest BCUT2D eigenvalue weighted by molar-refractivity contribution is 0.0904. The molecule has 0 radical (unpaired) electrons. The number of anilines is 1. The van der Waals surface area contributed by atoms with E-state index in [2.05, 4.69) is 27.5 Å². The van der Waals surface area contributed by atoms with E-state index in [-0.39, 0.29) is 23.3 Å². The fraction of sp³-hybridized carbons (Fsp3) is 0.435. The zero-order valence-electron chi connectivity index (χ0n) is 19.3. The Hall–Kier alpha value is -3.87. The molecule has 3 aromatic rings. The molecule has 2 amide bonds. The van der Waals surface area contributed by atoms with Gasteiger partial charge < -0.3 is 16.0 Å². The second kappa shape index (κ2) is 7.33. The number of aryl methyl sites for hydroxylation is 3. The Morgan fingerprint density at radius 2 is 2.06 bits per heavy atom. The van der Waals surface area contributed by atoms with Gasteiger partial charge in [0.05, 0.1) is 28.7 Å². The first-order valence-electron chi connectivity index (χ1n) is 11.0. The number of urea groups is 1. The Morgan fingerprint density at radius 3 is 2.73 bits per heavy atom. The average Bonchev–Trinajstić information content (AvgIpc) is 3.39. The predicted octanol–water partition coefficient (Wildman–Crippen LogP) is 2.18. The number of nitrogens with one attached hydrogen (secondary N) is 1. The first-order chi connectivity index (χ1) is 15.7. The van der Waals surface area contributed by atoms with Crippen molar-refractivity contribution in [1.29, 1.82) is 5.26 Å². The van der Waals surface area contributed by atoms with Crippen molar-refractivity contribution in [2.75, 3.05) is 18.8 Å². The van der Waals surface area contributed by atoms with E-state index >= 15 is 0 Å². The largest absolute Gasteiger partial charge is 0.383 e. The highest BCUT2D eigenvalue weighted by Gasteiger charge is 2.51. The zero-order valence-corrected chi connectivity index (χ0v) is 19.3. The number of hydrogen-bond acceptors (Lipinski definition) is 6. The van der Waals surface area contributed by atoms with E-state index in [1.807, 2.05) is 42.1 Å². The molecule has 5 heterocycles. The van der Waals surface area contributed by atoms with Gasteiger partial charge in [-0.25, -0.2) is 9.78 Å². The molecule has 5 rings (SSSR count). The van der Waals surface area contributed by atoms with Gasteiger partial charge in [-0.15, -0.1) is 0 Å². The molecule has 2 aliphatic heterocycles. The fourth-order valence-corrected chi connectivity index (χ4v) is 5.19. The Kier molecular flexibility index (Phi) is 4.67. The lowest BCUT2D eigenvalue weighted by Crippen LogP contribution is -2.62. The zero-order chi connectivity index (χ0) is 23.5. The van der Waals surface area contributed by atoms with Crippen molar-refractivity contribution < 1.29 is 4.79 Å². The molecular weight excluding hydrogens is 418 g/mol. The maximum atomic E-state index is 12.9. The summed E-state index contributed by atoms with van der Waals surface area (Å²) >= 11 is 0. The molecule has 1 atom stereocenters. The molecule has 0 unspecified atom stereocenters. The van der Waals surface area contributed by atoms with Gasteiger partial charge in [-0.1, -0.05) is 0 Å². The van der Waals surface area contributed by atoms with Crippen LogP contribution in [0.5, 0.6) is 0 Å². The minimum absolute atomic E-state index is 0.0639. The third kappa shape index (κ3) is 3.23. The fourth-order valence-electron chi connectivity index (χ4n) is 5.19. The summed E-state index contributed by atoms with van der Waals surface area (Å²) in [5.41, 5.74) is 11.8. The Bertz CT molecular complexity index is 1310. The smallest absolute Gasteiger partial charge is 0.317 e. The van der Waals surface area contributed by atoms with Crippen molar-refractivity contribution in [3.8, 4) is 17.3 Å². The van der Waals surface area contributed by atoms with Gasteiger partial charge in [0.25, 0.3) is 0 Å². The molecule has 1 fully saturated rings. The number of fused-ring (bicyclic) bond motifs is 2. The van der Waals surface area contributed by atoms with Crippen LogP contribution in [-0.2, 0) is 19.0 Å². The molecule has 170 valence electrons. The number of nitrogen functional groups attached to an aromatic ring is 1. The summed E-state index contributed by atoms with van der Waals surface area (Å²) in [6.45, 7) is 8.12. The van der Waals surface area contributed by atoms with Crippen LogP contribution in [0.25, 0.3) is 11.3 Å². The number of pyridine rings is 1. The van der Waals surface area contributed by atoms with Crippen LogP contribution in [0.1, 0.15) is 47.6 Å². The molecular formula is C23H27N9O. The average molecular weight is 446 g/mol. The van der Waals surface area contributed by atoms with Gasteiger partial charge in [0.15, 0.2) is 0 Å². The first kappa shape index (κ1) is 21.0. The number of aromatic nitrogens is 5. The van der Waals surface area contributed by atoms with E-state index in [1.54, 1.807) is 12.3 Å².